The Kier molecular flexibility index (Phi) is 6.96. The minimum absolute atomic E-state index is 0. The molecule has 29 heavy (non-hydrogen) atoms. The molecule has 0 spiro atoms. The van der Waals surface area contributed by atoms with E-state index in [-0.39, 0.29) is 19.0 Å². The molecule has 1 aromatic heterocycles. The van der Waals surface area contributed by atoms with Gasteiger partial charge in [0.25, 0.3) is 0 Å². The summed E-state index contributed by atoms with van der Waals surface area (Å²) < 4.78 is 11.6. The van der Waals surface area contributed by atoms with Crippen molar-refractivity contribution in [1.29, 1.82) is 0 Å². The van der Waals surface area contributed by atoms with E-state index in [1.54, 1.807) is 36.4 Å². The molecule has 0 unspecified atom stereocenters. The van der Waals surface area contributed by atoms with Gasteiger partial charge in [-0.1, -0.05) is 51.2 Å². The minimum atomic E-state index is 0. The molecule has 5 nitrogen and oxygen atoms in total. The second-order valence-electron chi connectivity index (χ2n) is 6.46. The Labute approximate surface area is 188 Å². The molecule has 2 aromatic carbocycles. The van der Waals surface area contributed by atoms with Gasteiger partial charge in [0.15, 0.2) is 0 Å². The van der Waals surface area contributed by atoms with Crippen molar-refractivity contribution in [3.05, 3.63) is 68.4 Å². The second kappa shape index (κ2) is 9.26. The van der Waals surface area contributed by atoms with Crippen molar-refractivity contribution in [2.45, 2.75) is 25.4 Å². The Hall–Kier alpha value is -1.92. The van der Waals surface area contributed by atoms with Crippen LogP contribution in [0.2, 0.25) is 15.1 Å². The molecule has 1 saturated carbocycles. The lowest BCUT2D eigenvalue weighted by Crippen LogP contribution is -2.00. The van der Waals surface area contributed by atoms with Crippen molar-refractivity contribution in [3.8, 4) is 17.0 Å². The molecule has 1 N–H and O–H groups in total. The standard InChI is InChI=1S/C20H15Cl3N2O3.ClH/c21-15-2-1-3-16(22)18(15)19-14(20(28-25-19)11-4-5-11)10-27-13-7-6-12(9-24-26)17(23)8-13;/h1-3,6-9,11,26H,4-5,10H2;1H. The van der Waals surface area contributed by atoms with E-state index in [4.69, 9.17) is 49.3 Å². The molecule has 1 fully saturated rings. The molecule has 4 rings (SSSR count). The number of aromatic nitrogens is 1. The number of halogens is 4. The highest BCUT2D eigenvalue weighted by molar-refractivity contribution is 6.39. The van der Waals surface area contributed by atoms with Crippen LogP contribution in [0.1, 0.15) is 35.6 Å². The molecule has 3 aromatic rings. The van der Waals surface area contributed by atoms with Crippen molar-refractivity contribution >= 4 is 53.4 Å². The van der Waals surface area contributed by atoms with Crippen molar-refractivity contribution in [2.75, 3.05) is 0 Å². The van der Waals surface area contributed by atoms with E-state index in [2.05, 4.69) is 10.3 Å². The summed E-state index contributed by atoms with van der Waals surface area (Å²) in [5.41, 5.74) is 2.64. The van der Waals surface area contributed by atoms with Gasteiger partial charge in [0.2, 0.25) is 0 Å². The van der Waals surface area contributed by atoms with Crippen molar-refractivity contribution in [2.24, 2.45) is 5.16 Å². The van der Waals surface area contributed by atoms with Gasteiger partial charge in [-0.05, 0) is 43.2 Å². The Morgan fingerprint density at radius 1 is 1.14 bits per heavy atom. The predicted octanol–water partition coefficient (Wildman–Crippen LogP) is 6.99. The van der Waals surface area contributed by atoms with Gasteiger partial charge in [0, 0.05) is 17.0 Å². The van der Waals surface area contributed by atoms with Crippen LogP contribution in [-0.4, -0.2) is 16.6 Å². The van der Waals surface area contributed by atoms with Gasteiger partial charge in [-0.2, -0.15) is 0 Å². The van der Waals surface area contributed by atoms with Crippen LogP contribution in [0.15, 0.2) is 46.1 Å². The molecule has 0 atom stereocenters. The minimum Gasteiger partial charge on any atom is -0.489 e. The predicted molar refractivity (Wildman–Crippen MR) is 116 cm³/mol. The molecule has 1 aliphatic rings. The summed E-state index contributed by atoms with van der Waals surface area (Å²) in [7, 11) is 0. The molecule has 0 amide bonds. The van der Waals surface area contributed by atoms with Crippen LogP contribution in [-0.2, 0) is 6.61 Å². The third-order valence-electron chi connectivity index (χ3n) is 4.52. The molecule has 1 aliphatic carbocycles. The fourth-order valence-electron chi connectivity index (χ4n) is 2.97. The zero-order valence-electron chi connectivity index (χ0n) is 14.9. The normalized spacial score (nSPS) is 13.5. The van der Waals surface area contributed by atoms with Crippen LogP contribution in [0.3, 0.4) is 0 Å². The summed E-state index contributed by atoms with van der Waals surface area (Å²) in [5.74, 6) is 1.72. The quantitative estimate of drug-likeness (QED) is 0.238. The topological polar surface area (TPSA) is 67.9 Å². The van der Waals surface area contributed by atoms with Gasteiger partial charge >= 0.3 is 0 Å². The van der Waals surface area contributed by atoms with Gasteiger partial charge < -0.3 is 14.5 Å². The van der Waals surface area contributed by atoms with Crippen LogP contribution < -0.4 is 4.74 Å². The van der Waals surface area contributed by atoms with Crippen molar-refractivity contribution in [3.63, 3.8) is 0 Å². The lowest BCUT2D eigenvalue weighted by molar-refractivity contribution is 0.300. The van der Waals surface area contributed by atoms with Gasteiger partial charge in [-0.3, -0.25) is 0 Å². The zero-order chi connectivity index (χ0) is 19.7. The number of ether oxygens (including phenoxy) is 1. The fourth-order valence-corrected chi connectivity index (χ4v) is 3.76. The maximum atomic E-state index is 8.65. The van der Waals surface area contributed by atoms with E-state index in [1.807, 2.05) is 0 Å². The first-order chi connectivity index (χ1) is 13.6. The monoisotopic (exact) mass is 472 g/mol. The molecular formula is C20H16Cl4N2O3. The SMILES string of the molecule is Cl.ON=Cc1ccc(OCc2c(-c3c(Cl)cccc3Cl)noc2C2CC2)cc1Cl. The first kappa shape index (κ1) is 21.8. The van der Waals surface area contributed by atoms with E-state index < -0.39 is 0 Å². The fraction of sp³-hybridized carbons (Fsp3) is 0.200. The third kappa shape index (κ3) is 4.64. The average Bonchev–Trinajstić information content (AvgIpc) is 3.43. The highest BCUT2D eigenvalue weighted by Gasteiger charge is 2.33. The molecule has 0 aliphatic heterocycles. The molecule has 9 heteroatoms. The number of hydrogen-bond donors (Lipinski definition) is 1. The second-order valence-corrected chi connectivity index (χ2v) is 7.68. The first-order valence-corrected chi connectivity index (χ1v) is 9.74. The van der Waals surface area contributed by atoms with Crippen molar-refractivity contribution < 1.29 is 14.5 Å². The summed E-state index contributed by atoms with van der Waals surface area (Å²) >= 11 is 18.9. The van der Waals surface area contributed by atoms with Gasteiger partial charge in [-0.25, -0.2) is 0 Å². The molecular weight excluding hydrogens is 458 g/mol. The summed E-state index contributed by atoms with van der Waals surface area (Å²) in [4.78, 5) is 0. The van der Waals surface area contributed by atoms with E-state index in [0.717, 1.165) is 24.2 Å². The first-order valence-electron chi connectivity index (χ1n) is 8.61. The summed E-state index contributed by atoms with van der Waals surface area (Å²) in [6.45, 7) is 0.232. The Bertz CT molecular complexity index is 1030. The van der Waals surface area contributed by atoms with Crippen molar-refractivity contribution in [1.82, 2.24) is 5.16 Å². The summed E-state index contributed by atoms with van der Waals surface area (Å²) in [6, 6.07) is 10.4. The lowest BCUT2D eigenvalue weighted by Gasteiger charge is -2.10. The number of rotatable bonds is 6. The van der Waals surface area contributed by atoms with E-state index in [1.165, 1.54) is 6.21 Å². The maximum absolute atomic E-state index is 8.65. The molecule has 0 bridgehead atoms. The van der Waals surface area contributed by atoms with Crippen LogP contribution >= 0.6 is 47.2 Å². The number of benzene rings is 2. The summed E-state index contributed by atoms with van der Waals surface area (Å²) in [6.07, 6.45) is 3.37. The zero-order valence-corrected chi connectivity index (χ0v) is 18.0. The Balaban J connectivity index is 0.00000240. The third-order valence-corrected chi connectivity index (χ3v) is 5.48. The van der Waals surface area contributed by atoms with Crippen LogP contribution in [0.5, 0.6) is 5.75 Å². The highest BCUT2D eigenvalue weighted by Crippen LogP contribution is 2.46. The van der Waals surface area contributed by atoms with E-state index >= 15 is 0 Å². The van der Waals surface area contributed by atoms with Crippen LogP contribution in [0.4, 0.5) is 0 Å². The summed E-state index contributed by atoms with van der Waals surface area (Å²) in [5, 5.41) is 17.3. The molecule has 0 radical (unpaired) electrons. The lowest BCUT2D eigenvalue weighted by atomic mass is 10.0. The Morgan fingerprint density at radius 2 is 1.86 bits per heavy atom. The molecule has 0 saturated heterocycles. The maximum Gasteiger partial charge on any atom is 0.147 e. The van der Waals surface area contributed by atoms with Crippen LogP contribution in [0.25, 0.3) is 11.3 Å². The Morgan fingerprint density at radius 3 is 2.48 bits per heavy atom. The smallest absolute Gasteiger partial charge is 0.147 e. The molecule has 152 valence electrons. The number of nitrogens with zero attached hydrogens (tertiary/aromatic N) is 2. The van der Waals surface area contributed by atoms with E-state index in [0.29, 0.717) is 43.6 Å². The van der Waals surface area contributed by atoms with E-state index in [9.17, 15) is 0 Å². The average molecular weight is 474 g/mol. The van der Waals surface area contributed by atoms with Gasteiger partial charge in [-0.15, -0.1) is 12.4 Å². The van der Waals surface area contributed by atoms with Crippen LogP contribution in [0, 0.1) is 0 Å². The largest absolute Gasteiger partial charge is 0.489 e. The number of hydrogen-bond acceptors (Lipinski definition) is 5. The highest BCUT2D eigenvalue weighted by atomic mass is 35.5. The van der Waals surface area contributed by atoms with Gasteiger partial charge in [0.1, 0.15) is 23.8 Å². The van der Waals surface area contributed by atoms with Gasteiger partial charge in [0.05, 0.1) is 26.8 Å². The molecule has 1 heterocycles. The number of oxime groups is 1.